The topological polar surface area (TPSA) is 64.4 Å². The van der Waals surface area contributed by atoms with Crippen LogP contribution in [0.5, 0.6) is 5.75 Å². The van der Waals surface area contributed by atoms with E-state index in [-0.39, 0.29) is 17.7 Å². The molecule has 1 amide bonds. The van der Waals surface area contributed by atoms with Crippen LogP contribution in [0.3, 0.4) is 0 Å². The maximum absolute atomic E-state index is 12.1. The Kier molecular flexibility index (Phi) is 3.71. The molecule has 0 saturated carbocycles. The number of aromatic nitrogens is 1. The molecule has 0 fully saturated rings. The van der Waals surface area contributed by atoms with Gasteiger partial charge in [0.05, 0.1) is 12.6 Å². The Bertz CT molecular complexity index is 838. The number of carbonyl (C=O) groups excluding carboxylic acids is 1. The second-order valence-electron chi connectivity index (χ2n) is 5.33. The first-order valence-electron chi connectivity index (χ1n) is 7.30. The Morgan fingerprint density at radius 1 is 1.32 bits per heavy atom. The van der Waals surface area contributed by atoms with Gasteiger partial charge in [-0.05, 0) is 37.6 Å². The first kappa shape index (κ1) is 14.4. The lowest BCUT2D eigenvalue weighted by Crippen LogP contribution is -2.31. The summed E-state index contributed by atoms with van der Waals surface area (Å²) in [5, 5.41) is 4.67. The molecule has 3 rings (SSSR count). The number of benzene rings is 1. The molecule has 1 N–H and O–H groups in total. The highest BCUT2D eigenvalue weighted by Crippen LogP contribution is 2.25. The molecule has 0 aliphatic rings. The van der Waals surface area contributed by atoms with Gasteiger partial charge in [0, 0.05) is 22.9 Å². The van der Waals surface area contributed by atoms with E-state index < -0.39 is 0 Å². The van der Waals surface area contributed by atoms with Gasteiger partial charge < -0.3 is 14.5 Å². The molecular formula is C17H18N2O3. The van der Waals surface area contributed by atoms with E-state index in [1.54, 1.807) is 13.2 Å². The monoisotopic (exact) mass is 298 g/mol. The van der Waals surface area contributed by atoms with Crippen molar-refractivity contribution in [2.75, 3.05) is 7.11 Å². The molecule has 0 spiro atoms. The molecule has 2 heterocycles. The molecule has 0 aliphatic carbocycles. The number of nitrogens with one attached hydrogen (secondary N) is 1. The van der Waals surface area contributed by atoms with Gasteiger partial charge >= 0.3 is 0 Å². The summed E-state index contributed by atoms with van der Waals surface area (Å²) in [6.07, 6.45) is 0.869. The predicted molar refractivity (Wildman–Crippen MR) is 85.3 cm³/mol. The van der Waals surface area contributed by atoms with Gasteiger partial charge in [-0.25, -0.2) is 4.98 Å². The number of amides is 1. The molecule has 22 heavy (non-hydrogen) atoms. The van der Waals surface area contributed by atoms with Crippen LogP contribution >= 0.6 is 0 Å². The number of hydrogen-bond acceptors (Lipinski definition) is 4. The van der Waals surface area contributed by atoms with Crippen molar-refractivity contribution in [3.63, 3.8) is 0 Å². The number of pyridine rings is 1. The Morgan fingerprint density at radius 3 is 2.86 bits per heavy atom. The lowest BCUT2D eigenvalue weighted by molar-refractivity contribution is 0.0913. The fourth-order valence-electron chi connectivity index (χ4n) is 2.24. The smallest absolute Gasteiger partial charge is 0.287 e. The lowest BCUT2D eigenvalue weighted by Gasteiger charge is -2.08. The fraction of sp³-hybridized carbons (Fsp3) is 0.294. The van der Waals surface area contributed by atoms with Crippen LogP contribution in [0, 0.1) is 0 Å². The van der Waals surface area contributed by atoms with Gasteiger partial charge in [-0.15, -0.1) is 0 Å². The molecule has 1 aromatic carbocycles. The Hall–Kier alpha value is -2.56. The molecule has 0 radical (unpaired) electrons. The number of fused-ring (bicyclic) bond motifs is 2. The maximum atomic E-state index is 12.1. The molecule has 0 aliphatic heterocycles. The number of rotatable bonds is 4. The van der Waals surface area contributed by atoms with Crippen molar-refractivity contribution in [1.82, 2.24) is 10.3 Å². The number of methoxy groups -OCH3 is 1. The number of hydrogen-bond donors (Lipinski definition) is 1. The second kappa shape index (κ2) is 5.67. The summed E-state index contributed by atoms with van der Waals surface area (Å²) < 4.78 is 10.8. The Labute approximate surface area is 128 Å². The van der Waals surface area contributed by atoms with Gasteiger partial charge in [0.15, 0.2) is 5.76 Å². The molecule has 2 aromatic heterocycles. The van der Waals surface area contributed by atoms with Gasteiger partial charge in [-0.1, -0.05) is 6.92 Å². The van der Waals surface area contributed by atoms with E-state index in [4.69, 9.17) is 9.15 Å². The van der Waals surface area contributed by atoms with Crippen LogP contribution in [0.25, 0.3) is 22.0 Å². The average molecular weight is 298 g/mol. The highest BCUT2D eigenvalue weighted by molar-refractivity contribution is 5.98. The van der Waals surface area contributed by atoms with Gasteiger partial charge in [0.1, 0.15) is 5.75 Å². The zero-order valence-corrected chi connectivity index (χ0v) is 12.8. The van der Waals surface area contributed by atoms with Gasteiger partial charge in [-0.3, -0.25) is 4.79 Å². The van der Waals surface area contributed by atoms with Crippen LogP contribution in [-0.4, -0.2) is 24.0 Å². The van der Waals surface area contributed by atoms with Crippen LogP contribution in [0.2, 0.25) is 0 Å². The molecule has 5 nitrogen and oxygen atoms in total. The van der Waals surface area contributed by atoms with Crippen molar-refractivity contribution in [3.8, 4) is 5.75 Å². The molecule has 0 saturated heterocycles. The minimum Gasteiger partial charge on any atom is -0.497 e. The molecule has 1 atom stereocenters. The van der Waals surface area contributed by atoms with Crippen molar-refractivity contribution in [2.24, 2.45) is 0 Å². The third-order valence-corrected chi connectivity index (χ3v) is 3.72. The quantitative estimate of drug-likeness (QED) is 0.800. The number of ether oxygens (including phenoxy) is 1. The summed E-state index contributed by atoms with van der Waals surface area (Å²) >= 11 is 0. The summed E-state index contributed by atoms with van der Waals surface area (Å²) in [6, 6.07) is 9.46. The van der Waals surface area contributed by atoms with Gasteiger partial charge in [0.25, 0.3) is 5.91 Å². The van der Waals surface area contributed by atoms with Crippen LogP contribution in [0.4, 0.5) is 0 Å². The van der Waals surface area contributed by atoms with E-state index in [2.05, 4.69) is 10.3 Å². The van der Waals surface area contributed by atoms with E-state index in [0.717, 1.165) is 28.5 Å². The van der Waals surface area contributed by atoms with Gasteiger partial charge in [0.2, 0.25) is 5.71 Å². The fourth-order valence-corrected chi connectivity index (χ4v) is 2.24. The molecule has 114 valence electrons. The van der Waals surface area contributed by atoms with Crippen molar-refractivity contribution < 1.29 is 13.9 Å². The van der Waals surface area contributed by atoms with Crippen molar-refractivity contribution in [1.29, 1.82) is 0 Å². The minimum absolute atomic E-state index is 0.108. The highest BCUT2D eigenvalue weighted by atomic mass is 16.5. The third kappa shape index (κ3) is 2.62. The lowest BCUT2D eigenvalue weighted by atomic mass is 10.2. The Morgan fingerprint density at radius 2 is 2.14 bits per heavy atom. The maximum Gasteiger partial charge on any atom is 0.287 e. The SMILES string of the molecule is CC[C@H](C)NC(=O)c1cc2cc3ccc(OC)cc3nc2o1. The highest BCUT2D eigenvalue weighted by Gasteiger charge is 2.15. The number of furan rings is 1. The summed E-state index contributed by atoms with van der Waals surface area (Å²) in [6.45, 7) is 3.98. The molecule has 0 unspecified atom stereocenters. The molecule has 0 bridgehead atoms. The van der Waals surface area contributed by atoms with Crippen LogP contribution in [-0.2, 0) is 0 Å². The summed E-state index contributed by atoms with van der Waals surface area (Å²) in [5.74, 6) is 0.805. The third-order valence-electron chi connectivity index (χ3n) is 3.72. The van der Waals surface area contributed by atoms with E-state index >= 15 is 0 Å². The summed E-state index contributed by atoms with van der Waals surface area (Å²) in [5.41, 5.74) is 1.23. The number of carbonyl (C=O) groups is 1. The van der Waals surface area contributed by atoms with Crippen LogP contribution in [0.15, 0.2) is 34.7 Å². The normalized spacial score (nSPS) is 12.5. The van der Waals surface area contributed by atoms with Crippen molar-refractivity contribution in [3.05, 3.63) is 36.1 Å². The van der Waals surface area contributed by atoms with E-state index in [1.807, 2.05) is 38.1 Å². The zero-order valence-electron chi connectivity index (χ0n) is 12.8. The summed E-state index contributed by atoms with van der Waals surface area (Å²) in [7, 11) is 1.62. The predicted octanol–water partition coefficient (Wildman–Crippen LogP) is 3.52. The standard InChI is InChI=1S/C17H18N2O3/c1-4-10(2)18-16(20)15-8-12-7-11-5-6-13(21-3)9-14(11)19-17(12)22-15/h5-10H,4H2,1-3H3,(H,18,20)/t10-/m0/s1. The second-order valence-corrected chi connectivity index (χ2v) is 5.33. The van der Waals surface area contributed by atoms with Crippen molar-refractivity contribution in [2.45, 2.75) is 26.3 Å². The van der Waals surface area contributed by atoms with Crippen LogP contribution in [0.1, 0.15) is 30.8 Å². The summed E-state index contributed by atoms with van der Waals surface area (Å²) in [4.78, 5) is 16.6. The molecule has 3 aromatic rings. The Balaban J connectivity index is 2.02. The molecular weight excluding hydrogens is 280 g/mol. The minimum atomic E-state index is -0.214. The van der Waals surface area contributed by atoms with E-state index in [0.29, 0.717) is 5.71 Å². The van der Waals surface area contributed by atoms with Gasteiger partial charge in [-0.2, -0.15) is 0 Å². The first-order valence-corrected chi connectivity index (χ1v) is 7.30. The zero-order chi connectivity index (χ0) is 15.7. The average Bonchev–Trinajstić information content (AvgIpc) is 2.94. The van der Waals surface area contributed by atoms with E-state index in [9.17, 15) is 4.79 Å². The van der Waals surface area contributed by atoms with E-state index in [1.165, 1.54) is 0 Å². The first-order chi connectivity index (χ1) is 10.6. The number of nitrogens with zero attached hydrogens (tertiary/aromatic N) is 1. The van der Waals surface area contributed by atoms with Crippen LogP contribution < -0.4 is 10.1 Å². The molecule has 5 heteroatoms. The van der Waals surface area contributed by atoms with Crippen molar-refractivity contribution >= 4 is 27.9 Å². The largest absolute Gasteiger partial charge is 0.497 e.